The number of hydrogen-bond acceptors (Lipinski definition) is 3. The van der Waals surface area contributed by atoms with Crippen LogP contribution in [0.5, 0.6) is 0 Å². The van der Waals surface area contributed by atoms with Crippen LogP contribution in [0.25, 0.3) is 0 Å². The molecule has 0 aromatic carbocycles. The van der Waals surface area contributed by atoms with Crippen LogP contribution in [0.2, 0.25) is 0 Å². The van der Waals surface area contributed by atoms with Gasteiger partial charge in [-0.15, -0.1) is 0 Å². The third-order valence-corrected chi connectivity index (χ3v) is 2.64. The van der Waals surface area contributed by atoms with E-state index in [9.17, 15) is 35.1 Å². The Morgan fingerprint density at radius 1 is 0.955 bits per heavy atom. The molecule has 3 atom stereocenters. The highest BCUT2D eigenvalue weighted by Crippen LogP contribution is 2.40. The fourth-order valence-electron chi connectivity index (χ4n) is 1.11. The summed E-state index contributed by atoms with van der Waals surface area (Å²) < 4.78 is 108. The molecular formula is C11H14F8O3. The fraction of sp³-hybridized carbons (Fsp3) is 1.00. The molecule has 132 valence electrons. The summed E-state index contributed by atoms with van der Waals surface area (Å²) in [6, 6.07) is 0. The van der Waals surface area contributed by atoms with Crippen molar-refractivity contribution in [2.24, 2.45) is 0 Å². The van der Waals surface area contributed by atoms with Gasteiger partial charge >= 0.3 is 11.8 Å². The van der Waals surface area contributed by atoms with E-state index in [1.807, 2.05) is 0 Å². The summed E-state index contributed by atoms with van der Waals surface area (Å²) in [7, 11) is 0. The molecule has 0 radical (unpaired) electrons. The zero-order valence-electron chi connectivity index (χ0n) is 11.1. The summed E-state index contributed by atoms with van der Waals surface area (Å²) in [5.74, 6) is -11.1. The molecule has 0 aromatic rings. The monoisotopic (exact) mass is 346 g/mol. The van der Waals surface area contributed by atoms with Crippen LogP contribution in [0.1, 0.15) is 0 Å². The van der Waals surface area contributed by atoms with Crippen molar-refractivity contribution in [1.82, 2.24) is 0 Å². The van der Waals surface area contributed by atoms with E-state index < -0.39 is 31.1 Å². The highest BCUT2D eigenvalue weighted by atomic mass is 19.3. The summed E-state index contributed by atoms with van der Waals surface area (Å²) in [4.78, 5) is 0. The van der Waals surface area contributed by atoms with Gasteiger partial charge in [-0.2, -0.15) is 17.6 Å². The molecule has 0 amide bonds. The van der Waals surface area contributed by atoms with Crippen molar-refractivity contribution in [1.29, 1.82) is 0 Å². The van der Waals surface area contributed by atoms with Gasteiger partial charge in [0.15, 0.2) is 6.67 Å². The van der Waals surface area contributed by atoms with Crippen LogP contribution in [0.4, 0.5) is 35.1 Å². The topological polar surface area (TPSA) is 34.3 Å². The van der Waals surface area contributed by atoms with Crippen LogP contribution in [-0.2, 0) is 14.2 Å². The lowest BCUT2D eigenvalue weighted by Crippen LogP contribution is -2.51. The zero-order chi connectivity index (χ0) is 17.0. The lowest BCUT2D eigenvalue weighted by atomic mass is 10.1. The maximum absolute atomic E-state index is 12.0. The second-order valence-corrected chi connectivity index (χ2v) is 4.65. The van der Waals surface area contributed by atoms with Gasteiger partial charge in [0.25, 0.3) is 6.43 Å². The van der Waals surface area contributed by atoms with Gasteiger partial charge in [0, 0.05) is 0 Å². The summed E-state index contributed by atoms with van der Waals surface area (Å²) in [5.41, 5.74) is 0. The molecule has 0 spiro atoms. The highest BCUT2D eigenvalue weighted by molar-refractivity contribution is 4.92. The van der Waals surface area contributed by atoms with Gasteiger partial charge < -0.3 is 14.2 Å². The van der Waals surface area contributed by atoms with Crippen LogP contribution in [0, 0.1) is 0 Å². The van der Waals surface area contributed by atoms with Crippen molar-refractivity contribution in [2.45, 2.75) is 36.7 Å². The summed E-state index contributed by atoms with van der Waals surface area (Å²) >= 11 is 0. The van der Waals surface area contributed by atoms with E-state index in [4.69, 9.17) is 14.2 Å². The third-order valence-electron chi connectivity index (χ3n) is 2.64. The van der Waals surface area contributed by atoms with Crippen molar-refractivity contribution in [3.05, 3.63) is 0 Å². The molecule has 3 unspecified atom stereocenters. The lowest BCUT2D eigenvalue weighted by molar-refractivity contribution is -0.261. The summed E-state index contributed by atoms with van der Waals surface area (Å²) in [6.45, 7) is 0.365. The molecule has 0 bridgehead atoms. The Labute approximate surface area is 120 Å². The molecule has 11 heteroatoms. The van der Waals surface area contributed by atoms with E-state index in [1.54, 1.807) is 0 Å². The van der Waals surface area contributed by atoms with Gasteiger partial charge in [0.1, 0.15) is 12.2 Å². The standard InChI is InChI=1S/C6H10O3.C5H4F8/c1(5-3-8-5)7-2-6-4-9-6;6-1-4(10,11)5(12,13)2(7)3(8)9/h5-6H,1-4H2;2-3H,1H2. The quantitative estimate of drug-likeness (QED) is 0.501. The van der Waals surface area contributed by atoms with Gasteiger partial charge in [-0.1, -0.05) is 0 Å². The van der Waals surface area contributed by atoms with Crippen molar-refractivity contribution < 1.29 is 49.3 Å². The summed E-state index contributed by atoms with van der Waals surface area (Å²) in [5, 5.41) is 0. The maximum Gasteiger partial charge on any atom is 0.348 e. The Morgan fingerprint density at radius 3 is 1.64 bits per heavy atom. The largest absolute Gasteiger partial charge is 0.376 e. The molecule has 2 heterocycles. The number of rotatable bonds is 8. The Kier molecular flexibility index (Phi) is 6.81. The first-order valence-electron chi connectivity index (χ1n) is 6.16. The average Bonchev–Trinajstić information content (AvgIpc) is 3.32. The molecule has 0 aromatic heterocycles. The smallest absolute Gasteiger partial charge is 0.348 e. The van der Waals surface area contributed by atoms with Crippen molar-refractivity contribution in [3.8, 4) is 0 Å². The maximum atomic E-state index is 12.0. The zero-order valence-corrected chi connectivity index (χ0v) is 11.1. The van der Waals surface area contributed by atoms with Crippen LogP contribution >= 0.6 is 0 Å². The van der Waals surface area contributed by atoms with Crippen LogP contribution in [-0.4, -0.2) is 69.8 Å². The molecule has 2 saturated heterocycles. The Morgan fingerprint density at radius 2 is 1.36 bits per heavy atom. The van der Waals surface area contributed by atoms with E-state index in [2.05, 4.69) is 0 Å². The van der Waals surface area contributed by atoms with Gasteiger partial charge in [0.05, 0.1) is 26.4 Å². The number of hydrogen-bond donors (Lipinski definition) is 0. The summed E-state index contributed by atoms with van der Waals surface area (Å²) in [6.07, 6.45) is -7.88. The molecule has 0 aliphatic carbocycles. The molecule has 2 rings (SSSR count). The predicted molar refractivity (Wildman–Crippen MR) is 57.1 cm³/mol. The molecular weight excluding hydrogens is 332 g/mol. The highest BCUT2D eigenvalue weighted by Gasteiger charge is 2.64. The van der Waals surface area contributed by atoms with E-state index >= 15 is 0 Å². The van der Waals surface area contributed by atoms with Gasteiger partial charge in [0.2, 0.25) is 6.17 Å². The Hall–Kier alpha value is -0.680. The second-order valence-electron chi connectivity index (χ2n) is 4.65. The lowest BCUT2D eigenvalue weighted by Gasteiger charge is -2.26. The van der Waals surface area contributed by atoms with Crippen LogP contribution in [0.3, 0.4) is 0 Å². The second kappa shape index (κ2) is 7.73. The minimum atomic E-state index is -5.70. The minimum absolute atomic E-state index is 0.392. The number of halogens is 8. The van der Waals surface area contributed by atoms with E-state index in [0.717, 1.165) is 26.4 Å². The van der Waals surface area contributed by atoms with Crippen LogP contribution in [0.15, 0.2) is 0 Å². The van der Waals surface area contributed by atoms with Crippen molar-refractivity contribution >= 4 is 0 Å². The fourth-order valence-corrected chi connectivity index (χ4v) is 1.11. The molecule has 0 N–H and O–H groups in total. The normalized spacial score (nSPS) is 25.5. The van der Waals surface area contributed by atoms with Gasteiger partial charge in [-0.05, 0) is 0 Å². The molecule has 3 nitrogen and oxygen atoms in total. The first-order valence-corrected chi connectivity index (χ1v) is 6.16. The van der Waals surface area contributed by atoms with Crippen LogP contribution < -0.4 is 0 Å². The molecule has 2 aliphatic heterocycles. The number of epoxide rings is 2. The molecule has 2 aliphatic rings. The van der Waals surface area contributed by atoms with Gasteiger partial charge in [-0.25, -0.2) is 17.6 Å². The van der Waals surface area contributed by atoms with Gasteiger partial charge in [-0.3, -0.25) is 0 Å². The SMILES string of the molecule is C(OCC1CO1)C1CO1.FCC(F)(F)C(F)(F)C(F)C(F)F. The molecule has 2 fully saturated rings. The van der Waals surface area contributed by atoms with E-state index in [0.29, 0.717) is 12.2 Å². The minimum Gasteiger partial charge on any atom is -0.376 e. The van der Waals surface area contributed by atoms with E-state index in [1.165, 1.54) is 0 Å². The van der Waals surface area contributed by atoms with Crippen molar-refractivity contribution in [3.63, 3.8) is 0 Å². The Bertz CT molecular complexity index is 321. The first-order chi connectivity index (χ1) is 10.1. The number of alkyl halides is 8. The average molecular weight is 346 g/mol. The molecule has 0 saturated carbocycles. The number of ether oxygens (including phenoxy) is 3. The Balaban J connectivity index is 0.000000231. The van der Waals surface area contributed by atoms with Crippen molar-refractivity contribution in [2.75, 3.05) is 33.1 Å². The molecule has 22 heavy (non-hydrogen) atoms. The predicted octanol–water partition coefficient (Wildman–Crippen LogP) is 2.63. The third kappa shape index (κ3) is 5.84. The van der Waals surface area contributed by atoms with E-state index in [-0.39, 0.29) is 0 Å². The first kappa shape index (κ1) is 19.4.